The molecule has 164 valence electrons. The third-order valence-electron chi connectivity index (χ3n) is 4.77. The van der Waals surface area contributed by atoms with Crippen LogP contribution in [-0.2, 0) is 11.4 Å². The number of aromatic nitrogens is 2. The molecule has 0 aliphatic heterocycles. The molecule has 32 heavy (non-hydrogen) atoms. The van der Waals surface area contributed by atoms with Gasteiger partial charge in [0.1, 0.15) is 18.1 Å². The number of thiazole rings is 1. The van der Waals surface area contributed by atoms with Crippen LogP contribution in [0.3, 0.4) is 0 Å². The Morgan fingerprint density at radius 3 is 2.69 bits per heavy atom. The molecule has 0 radical (unpaired) electrons. The van der Waals surface area contributed by atoms with Gasteiger partial charge in [-0.15, -0.1) is 11.3 Å². The first-order valence-electron chi connectivity index (χ1n) is 10.1. The fourth-order valence-corrected chi connectivity index (χ4v) is 4.12. The highest BCUT2D eigenvalue weighted by molar-refractivity contribution is 7.15. The molecule has 2 aromatic heterocycles. The fourth-order valence-electron chi connectivity index (χ4n) is 3.23. The number of nitrogens with one attached hydrogen (secondary N) is 1. The molecule has 0 saturated carbocycles. The molecule has 0 bridgehead atoms. The minimum absolute atomic E-state index is 0.106. The lowest BCUT2D eigenvalue weighted by atomic mass is 10.2. The molecule has 2 aromatic carbocycles. The summed E-state index contributed by atoms with van der Waals surface area (Å²) >= 11 is 1.41. The number of carbonyl (C=O) groups is 1. The second-order valence-corrected chi connectivity index (χ2v) is 8.36. The summed E-state index contributed by atoms with van der Waals surface area (Å²) in [4.78, 5) is 29.9. The predicted molar refractivity (Wildman–Crippen MR) is 125 cm³/mol. The Hall–Kier alpha value is -3.65. The SMILES string of the molecule is Cc1cccc(OCC(=O)Nc2cc(C)ccc2OCc2cc(=O)n3c(C)csc3n2)c1. The standard InChI is InChI=1S/C24H23N3O4S/c1-15-5-4-6-19(9-15)30-13-22(28)26-20-10-16(2)7-8-21(20)31-12-18-11-23(29)27-17(3)14-32-24(27)25-18/h4-11,14H,12-13H2,1-3H3,(H,26,28). The van der Waals surface area contributed by atoms with Gasteiger partial charge in [0, 0.05) is 17.1 Å². The second kappa shape index (κ2) is 9.23. The lowest BCUT2D eigenvalue weighted by Gasteiger charge is -2.14. The van der Waals surface area contributed by atoms with Crippen molar-refractivity contribution in [2.45, 2.75) is 27.4 Å². The summed E-state index contributed by atoms with van der Waals surface area (Å²) in [5.41, 5.74) is 3.80. The zero-order valence-corrected chi connectivity index (χ0v) is 18.9. The summed E-state index contributed by atoms with van der Waals surface area (Å²) in [6.45, 7) is 5.74. The molecule has 0 aliphatic carbocycles. The zero-order valence-electron chi connectivity index (χ0n) is 18.0. The van der Waals surface area contributed by atoms with Gasteiger partial charge in [0.2, 0.25) is 0 Å². The summed E-state index contributed by atoms with van der Waals surface area (Å²) in [6.07, 6.45) is 0. The van der Waals surface area contributed by atoms with Gasteiger partial charge in [-0.3, -0.25) is 14.0 Å². The number of hydrogen-bond donors (Lipinski definition) is 1. The van der Waals surface area contributed by atoms with Crippen molar-refractivity contribution in [1.29, 1.82) is 0 Å². The number of amides is 1. The zero-order chi connectivity index (χ0) is 22.7. The van der Waals surface area contributed by atoms with Crippen LogP contribution in [0.15, 0.2) is 58.7 Å². The van der Waals surface area contributed by atoms with Crippen LogP contribution in [-0.4, -0.2) is 21.9 Å². The van der Waals surface area contributed by atoms with E-state index in [9.17, 15) is 9.59 Å². The number of fused-ring (bicyclic) bond motifs is 1. The molecule has 4 aromatic rings. The molecular weight excluding hydrogens is 426 g/mol. The first kappa shape index (κ1) is 21.6. The van der Waals surface area contributed by atoms with Gasteiger partial charge in [-0.05, 0) is 56.2 Å². The van der Waals surface area contributed by atoms with Crippen LogP contribution in [0.25, 0.3) is 4.96 Å². The Morgan fingerprint density at radius 1 is 1.06 bits per heavy atom. The smallest absolute Gasteiger partial charge is 0.262 e. The van der Waals surface area contributed by atoms with Gasteiger partial charge in [0.25, 0.3) is 11.5 Å². The molecule has 0 fully saturated rings. The van der Waals surface area contributed by atoms with Gasteiger partial charge >= 0.3 is 0 Å². The minimum Gasteiger partial charge on any atom is -0.485 e. The molecule has 8 heteroatoms. The van der Waals surface area contributed by atoms with Crippen LogP contribution >= 0.6 is 11.3 Å². The van der Waals surface area contributed by atoms with E-state index in [-0.39, 0.29) is 24.7 Å². The van der Waals surface area contributed by atoms with Gasteiger partial charge in [0.05, 0.1) is 11.4 Å². The number of rotatable bonds is 7. The van der Waals surface area contributed by atoms with E-state index in [1.807, 2.05) is 62.5 Å². The van der Waals surface area contributed by atoms with Gasteiger partial charge in [-0.25, -0.2) is 4.98 Å². The van der Waals surface area contributed by atoms with E-state index in [1.165, 1.54) is 17.4 Å². The number of nitrogens with zero attached hydrogens (tertiary/aromatic N) is 2. The largest absolute Gasteiger partial charge is 0.485 e. The maximum absolute atomic E-state index is 12.5. The van der Waals surface area contributed by atoms with Crippen LogP contribution in [0, 0.1) is 20.8 Å². The molecule has 7 nitrogen and oxygen atoms in total. The van der Waals surface area contributed by atoms with Crippen molar-refractivity contribution in [1.82, 2.24) is 9.38 Å². The van der Waals surface area contributed by atoms with E-state index in [0.717, 1.165) is 16.8 Å². The number of aryl methyl sites for hydroxylation is 3. The summed E-state index contributed by atoms with van der Waals surface area (Å²) in [5, 5.41) is 4.73. The Bertz CT molecular complexity index is 1340. The normalized spacial score (nSPS) is 10.8. The molecule has 4 rings (SSSR count). The van der Waals surface area contributed by atoms with E-state index in [4.69, 9.17) is 9.47 Å². The minimum atomic E-state index is -0.297. The number of benzene rings is 2. The Labute approximate surface area is 189 Å². The first-order chi connectivity index (χ1) is 15.4. The second-order valence-electron chi connectivity index (χ2n) is 7.52. The quantitative estimate of drug-likeness (QED) is 0.455. The van der Waals surface area contributed by atoms with Crippen molar-refractivity contribution in [2.24, 2.45) is 0 Å². The third kappa shape index (κ3) is 4.97. The van der Waals surface area contributed by atoms with Crippen molar-refractivity contribution >= 4 is 27.9 Å². The van der Waals surface area contributed by atoms with Crippen molar-refractivity contribution in [3.63, 3.8) is 0 Å². The van der Waals surface area contributed by atoms with Crippen LogP contribution in [0.5, 0.6) is 11.5 Å². The first-order valence-corrected chi connectivity index (χ1v) is 11.0. The van der Waals surface area contributed by atoms with Crippen LogP contribution < -0.4 is 20.3 Å². The average Bonchev–Trinajstić information content (AvgIpc) is 3.13. The van der Waals surface area contributed by atoms with Crippen molar-refractivity contribution in [3.05, 3.63) is 86.8 Å². The van der Waals surface area contributed by atoms with Crippen LogP contribution in [0.2, 0.25) is 0 Å². The number of hydrogen-bond acceptors (Lipinski definition) is 6. The topological polar surface area (TPSA) is 81.9 Å². The fraction of sp³-hybridized carbons (Fsp3) is 0.208. The van der Waals surface area contributed by atoms with Gasteiger partial charge < -0.3 is 14.8 Å². The van der Waals surface area contributed by atoms with Crippen molar-refractivity contribution < 1.29 is 14.3 Å². The highest BCUT2D eigenvalue weighted by Crippen LogP contribution is 2.26. The molecule has 2 heterocycles. The molecule has 0 atom stereocenters. The summed E-state index contributed by atoms with van der Waals surface area (Å²) in [6, 6.07) is 14.5. The molecule has 1 amide bonds. The Kier molecular flexibility index (Phi) is 6.23. The summed E-state index contributed by atoms with van der Waals surface area (Å²) < 4.78 is 13.1. The molecular formula is C24H23N3O4S. The van der Waals surface area contributed by atoms with Crippen molar-refractivity contribution in [2.75, 3.05) is 11.9 Å². The maximum Gasteiger partial charge on any atom is 0.262 e. The lowest BCUT2D eigenvalue weighted by molar-refractivity contribution is -0.118. The summed E-state index contributed by atoms with van der Waals surface area (Å²) in [5.74, 6) is 0.829. The van der Waals surface area contributed by atoms with Crippen LogP contribution in [0.1, 0.15) is 22.5 Å². The number of carbonyl (C=O) groups excluding carboxylic acids is 1. The molecule has 0 spiro atoms. The van der Waals surface area contributed by atoms with E-state index >= 15 is 0 Å². The molecule has 0 unspecified atom stereocenters. The van der Waals surface area contributed by atoms with E-state index < -0.39 is 0 Å². The van der Waals surface area contributed by atoms with E-state index in [2.05, 4.69) is 10.3 Å². The van der Waals surface area contributed by atoms with E-state index in [1.54, 1.807) is 10.5 Å². The summed E-state index contributed by atoms with van der Waals surface area (Å²) in [7, 11) is 0. The average molecular weight is 450 g/mol. The van der Waals surface area contributed by atoms with Crippen molar-refractivity contribution in [3.8, 4) is 11.5 Å². The molecule has 0 saturated heterocycles. The predicted octanol–water partition coefficient (Wildman–Crippen LogP) is 4.28. The highest BCUT2D eigenvalue weighted by Gasteiger charge is 2.12. The number of ether oxygens (including phenoxy) is 2. The Balaban J connectivity index is 1.45. The van der Waals surface area contributed by atoms with Gasteiger partial charge in [0.15, 0.2) is 11.6 Å². The Morgan fingerprint density at radius 2 is 1.88 bits per heavy atom. The third-order valence-corrected chi connectivity index (χ3v) is 5.72. The number of anilines is 1. The highest BCUT2D eigenvalue weighted by atomic mass is 32.1. The maximum atomic E-state index is 12.5. The van der Waals surface area contributed by atoms with Crippen LogP contribution in [0.4, 0.5) is 5.69 Å². The molecule has 1 N–H and O–H groups in total. The monoisotopic (exact) mass is 449 g/mol. The lowest BCUT2D eigenvalue weighted by Crippen LogP contribution is -2.21. The van der Waals surface area contributed by atoms with Gasteiger partial charge in [-0.2, -0.15) is 0 Å². The molecule has 0 aliphatic rings. The van der Waals surface area contributed by atoms with E-state index in [0.29, 0.717) is 27.8 Å². The van der Waals surface area contributed by atoms with Gasteiger partial charge in [-0.1, -0.05) is 18.2 Å².